The maximum Gasteiger partial charge on any atom is 0.263 e. The summed E-state index contributed by atoms with van der Waals surface area (Å²) in [4.78, 5) is 3.84. The molecule has 1 aromatic carbocycles. The summed E-state index contributed by atoms with van der Waals surface area (Å²) in [6, 6.07) is 6.97. The molecule has 0 bridgehead atoms. The van der Waals surface area contributed by atoms with Gasteiger partial charge in [0.05, 0.1) is 6.33 Å². The molecule has 5 nitrogen and oxygen atoms in total. The number of nitrogens with zero attached hydrogens (tertiary/aromatic N) is 3. The lowest BCUT2D eigenvalue weighted by atomic mass is 10.2. The van der Waals surface area contributed by atoms with Crippen LogP contribution in [0.2, 0.25) is 10.2 Å². The Hall–Kier alpha value is -1.08. The van der Waals surface area contributed by atoms with E-state index in [0.717, 1.165) is 5.56 Å². The van der Waals surface area contributed by atoms with E-state index in [1.807, 2.05) is 0 Å². The first kappa shape index (κ1) is 15.3. The third kappa shape index (κ3) is 2.98. The molecule has 108 valence electrons. The summed E-state index contributed by atoms with van der Waals surface area (Å²) in [5, 5.41) is 0.554. The minimum Gasteiger partial charge on any atom is -0.324 e. The zero-order chi connectivity index (χ0) is 14.9. The van der Waals surface area contributed by atoms with Crippen LogP contribution in [0.5, 0.6) is 0 Å². The number of sulfonamides is 1. The van der Waals surface area contributed by atoms with Gasteiger partial charge in [0.1, 0.15) is 5.15 Å². The maximum atomic E-state index is 12.4. The average Bonchev–Trinajstić information content (AvgIpc) is 2.73. The quantitative estimate of drug-likeness (QED) is 0.863. The maximum absolute atomic E-state index is 12.4. The van der Waals surface area contributed by atoms with Gasteiger partial charge in [0, 0.05) is 25.7 Å². The molecule has 0 saturated carbocycles. The van der Waals surface area contributed by atoms with Crippen LogP contribution in [0.15, 0.2) is 35.6 Å². The van der Waals surface area contributed by atoms with Crippen molar-refractivity contribution in [3.8, 4) is 0 Å². The Morgan fingerprint density at radius 3 is 2.35 bits per heavy atom. The lowest BCUT2D eigenvalue weighted by molar-refractivity contribution is 0.464. The first-order valence-electron chi connectivity index (χ1n) is 5.70. The number of hydrogen-bond donors (Lipinski definition) is 0. The summed E-state index contributed by atoms with van der Waals surface area (Å²) >= 11 is 11.7. The van der Waals surface area contributed by atoms with Crippen molar-refractivity contribution >= 4 is 33.2 Å². The standard InChI is InChI=1S/C12H13Cl2N3O2S/c1-16-8-15-12(11(16)14)20(18,19)17(2)7-9-3-5-10(13)6-4-9/h3-6,8H,7H2,1-2H3. The van der Waals surface area contributed by atoms with Gasteiger partial charge >= 0.3 is 0 Å². The number of hydrogen-bond acceptors (Lipinski definition) is 3. The second kappa shape index (κ2) is 5.73. The molecule has 0 saturated heterocycles. The molecule has 2 aromatic rings. The van der Waals surface area contributed by atoms with E-state index in [-0.39, 0.29) is 16.7 Å². The van der Waals surface area contributed by atoms with Crippen LogP contribution in [-0.2, 0) is 23.6 Å². The van der Waals surface area contributed by atoms with Crippen molar-refractivity contribution in [1.29, 1.82) is 0 Å². The molecule has 0 atom stereocenters. The van der Waals surface area contributed by atoms with Gasteiger partial charge < -0.3 is 4.57 Å². The van der Waals surface area contributed by atoms with Crippen LogP contribution in [0.1, 0.15) is 5.56 Å². The number of rotatable bonds is 4. The van der Waals surface area contributed by atoms with Crippen molar-refractivity contribution in [3.63, 3.8) is 0 Å². The molecule has 0 spiro atoms. The minimum atomic E-state index is -3.72. The normalized spacial score (nSPS) is 12.1. The highest BCUT2D eigenvalue weighted by atomic mass is 35.5. The summed E-state index contributed by atoms with van der Waals surface area (Å²) < 4.78 is 27.4. The SMILES string of the molecule is CN(Cc1ccc(Cl)cc1)S(=O)(=O)c1ncn(C)c1Cl. The Kier molecular flexibility index (Phi) is 4.39. The molecule has 0 N–H and O–H groups in total. The Morgan fingerprint density at radius 1 is 1.25 bits per heavy atom. The van der Waals surface area contributed by atoms with Crippen LogP contribution < -0.4 is 0 Å². The summed E-state index contributed by atoms with van der Waals surface area (Å²) in [6.45, 7) is 0.215. The van der Waals surface area contributed by atoms with Gasteiger partial charge in [-0.1, -0.05) is 35.3 Å². The Labute approximate surface area is 127 Å². The highest BCUT2D eigenvalue weighted by molar-refractivity contribution is 7.89. The van der Waals surface area contributed by atoms with E-state index >= 15 is 0 Å². The van der Waals surface area contributed by atoms with Crippen molar-refractivity contribution < 1.29 is 8.42 Å². The molecule has 0 unspecified atom stereocenters. The second-order valence-electron chi connectivity index (χ2n) is 4.34. The van der Waals surface area contributed by atoms with Crippen molar-refractivity contribution in [1.82, 2.24) is 13.9 Å². The van der Waals surface area contributed by atoms with E-state index in [0.29, 0.717) is 5.02 Å². The average molecular weight is 334 g/mol. The highest BCUT2D eigenvalue weighted by Gasteiger charge is 2.27. The molecule has 0 aliphatic heterocycles. The van der Waals surface area contributed by atoms with E-state index in [1.54, 1.807) is 31.3 Å². The van der Waals surface area contributed by atoms with Crippen LogP contribution in [0.4, 0.5) is 0 Å². The molecule has 2 rings (SSSR count). The Bertz CT molecular complexity index is 711. The molecule has 0 aliphatic carbocycles. The van der Waals surface area contributed by atoms with E-state index in [9.17, 15) is 8.42 Å². The number of halogens is 2. The molecule has 1 heterocycles. The van der Waals surface area contributed by atoms with E-state index in [2.05, 4.69) is 4.98 Å². The van der Waals surface area contributed by atoms with Crippen molar-refractivity contribution in [2.24, 2.45) is 7.05 Å². The molecule has 0 radical (unpaired) electrons. The van der Waals surface area contributed by atoms with Gasteiger partial charge in [-0.05, 0) is 17.7 Å². The predicted octanol–water partition coefficient (Wildman–Crippen LogP) is 2.55. The number of aryl methyl sites for hydroxylation is 1. The minimum absolute atomic E-state index is 0.0907. The van der Waals surface area contributed by atoms with E-state index in [4.69, 9.17) is 23.2 Å². The third-order valence-electron chi connectivity index (χ3n) is 2.81. The molecule has 0 amide bonds. The highest BCUT2D eigenvalue weighted by Crippen LogP contribution is 2.23. The van der Waals surface area contributed by atoms with Crippen molar-refractivity contribution in [2.75, 3.05) is 7.05 Å². The van der Waals surface area contributed by atoms with Gasteiger partial charge in [-0.3, -0.25) is 0 Å². The number of aromatic nitrogens is 2. The van der Waals surface area contributed by atoms with Gasteiger partial charge in [-0.2, -0.15) is 4.31 Å². The van der Waals surface area contributed by atoms with Crippen molar-refractivity contribution in [2.45, 2.75) is 11.6 Å². The van der Waals surface area contributed by atoms with Crippen LogP contribution in [-0.4, -0.2) is 29.3 Å². The molecule has 8 heteroatoms. The first-order valence-corrected chi connectivity index (χ1v) is 7.89. The molecule has 1 aromatic heterocycles. The Balaban J connectivity index is 2.26. The fraction of sp³-hybridized carbons (Fsp3) is 0.250. The van der Waals surface area contributed by atoms with Crippen molar-refractivity contribution in [3.05, 3.63) is 46.3 Å². The van der Waals surface area contributed by atoms with E-state index in [1.165, 1.54) is 22.2 Å². The fourth-order valence-electron chi connectivity index (χ4n) is 1.65. The smallest absolute Gasteiger partial charge is 0.263 e. The number of imidazole rings is 1. The molecular formula is C12H13Cl2N3O2S. The first-order chi connectivity index (χ1) is 9.32. The van der Waals surface area contributed by atoms with Gasteiger partial charge in [-0.15, -0.1) is 0 Å². The lowest BCUT2D eigenvalue weighted by Gasteiger charge is -2.16. The van der Waals surface area contributed by atoms with Crippen LogP contribution in [0, 0.1) is 0 Å². The van der Waals surface area contributed by atoms with Crippen LogP contribution in [0.3, 0.4) is 0 Å². The summed E-state index contributed by atoms with van der Waals surface area (Å²) in [5.74, 6) is 0. The Morgan fingerprint density at radius 2 is 1.85 bits per heavy atom. The molecular weight excluding hydrogens is 321 g/mol. The van der Waals surface area contributed by atoms with Crippen LogP contribution in [0.25, 0.3) is 0 Å². The lowest BCUT2D eigenvalue weighted by Crippen LogP contribution is -2.27. The largest absolute Gasteiger partial charge is 0.324 e. The topological polar surface area (TPSA) is 55.2 Å². The molecule has 0 fully saturated rings. The summed E-state index contributed by atoms with van der Waals surface area (Å²) in [6.07, 6.45) is 1.37. The van der Waals surface area contributed by atoms with Crippen LogP contribution >= 0.6 is 23.2 Å². The predicted molar refractivity (Wildman–Crippen MR) is 78.3 cm³/mol. The second-order valence-corrected chi connectivity index (χ2v) is 7.09. The third-order valence-corrected chi connectivity index (χ3v) is 5.35. The summed E-state index contributed by atoms with van der Waals surface area (Å²) in [5.41, 5.74) is 0.826. The summed E-state index contributed by atoms with van der Waals surface area (Å²) in [7, 11) is -0.607. The zero-order valence-electron chi connectivity index (χ0n) is 10.9. The fourth-order valence-corrected chi connectivity index (χ4v) is 3.31. The van der Waals surface area contributed by atoms with Gasteiger partial charge in [0.2, 0.25) is 5.03 Å². The van der Waals surface area contributed by atoms with E-state index < -0.39 is 10.0 Å². The molecule has 0 aliphatic rings. The zero-order valence-corrected chi connectivity index (χ0v) is 13.2. The van der Waals surface area contributed by atoms with Gasteiger partial charge in [0.15, 0.2) is 0 Å². The van der Waals surface area contributed by atoms with Gasteiger partial charge in [-0.25, -0.2) is 13.4 Å². The van der Waals surface area contributed by atoms with Gasteiger partial charge in [0.25, 0.3) is 10.0 Å². The molecule has 20 heavy (non-hydrogen) atoms. The number of benzene rings is 1. The monoisotopic (exact) mass is 333 g/mol.